The number of carbonyl (C=O) groups excluding carboxylic acids is 1. The Morgan fingerprint density at radius 3 is 2.50 bits per heavy atom. The standard InChI is InChI=1S/C9H17NO4/c1-14-7-6-10-8(11)4-2-3-5-9(12)13/h2-7H2,1H3,(H,10,11)(H,12,13). The molecule has 0 radical (unpaired) electrons. The normalized spacial score (nSPS) is 9.79. The molecule has 14 heavy (non-hydrogen) atoms. The molecule has 1 amide bonds. The number of carbonyl (C=O) groups is 2. The molecule has 0 bridgehead atoms. The molecule has 0 heterocycles. The number of unbranched alkanes of at least 4 members (excludes halogenated alkanes) is 1. The minimum absolute atomic E-state index is 0.0487. The van der Waals surface area contributed by atoms with Crippen LogP contribution in [0.4, 0.5) is 0 Å². The summed E-state index contributed by atoms with van der Waals surface area (Å²) in [6.07, 6.45) is 1.68. The molecule has 0 saturated carbocycles. The Hall–Kier alpha value is -1.10. The summed E-state index contributed by atoms with van der Waals surface area (Å²) in [5.74, 6) is -0.864. The fraction of sp³-hybridized carbons (Fsp3) is 0.778. The van der Waals surface area contributed by atoms with E-state index in [9.17, 15) is 9.59 Å². The fourth-order valence-corrected chi connectivity index (χ4v) is 0.943. The summed E-state index contributed by atoms with van der Waals surface area (Å²) in [6, 6.07) is 0. The van der Waals surface area contributed by atoms with Gasteiger partial charge in [-0.15, -0.1) is 0 Å². The fourth-order valence-electron chi connectivity index (χ4n) is 0.943. The zero-order valence-electron chi connectivity index (χ0n) is 8.41. The molecule has 0 aliphatic rings. The summed E-state index contributed by atoms with van der Waals surface area (Å²) < 4.78 is 4.76. The van der Waals surface area contributed by atoms with Gasteiger partial charge in [0, 0.05) is 26.5 Å². The van der Waals surface area contributed by atoms with Gasteiger partial charge in [0.15, 0.2) is 0 Å². The summed E-state index contributed by atoms with van der Waals surface area (Å²) in [5, 5.41) is 11.0. The summed E-state index contributed by atoms with van der Waals surface area (Å²) in [5.41, 5.74) is 0. The van der Waals surface area contributed by atoms with Gasteiger partial charge >= 0.3 is 5.97 Å². The van der Waals surface area contributed by atoms with Crippen LogP contribution in [0, 0.1) is 0 Å². The van der Waals surface area contributed by atoms with Gasteiger partial charge in [0.1, 0.15) is 0 Å². The van der Waals surface area contributed by atoms with E-state index >= 15 is 0 Å². The van der Waals surface area contributed by atoms with Crippen molar-refractivity contribution >= 4 is 11.9 Å². The molecule has 0 aromatic heterocycles. The van der Waals surface area contributed by atoms with Crippen LogP contribution in [-0.4, -0.2) is 37.2 Å². The number of hydrogen-bond acceptors (Lipinski definition) is 3. The van der Waals surface area contributed by atoms with E-state index in [0.29, 0.717) is 32.4 Å². The third-order valence-electron chi connectivity index (χ3n) is 1.67. The second-order valence-electron chi connectivity index (χ2n) is 2.94. The minimum Gasteiger partial charge on any atom is -0.481 e. The van der Waals surface area contributed by atoms with Crippen molar-refractivity contribution in [2.75, 3.05) is 20.3 Å². The van der Waals surface area contributed by atoms with Crippen LogP contribution < -0.4 is 5.32 Å². The van der Waals surface area contributed by atoms with Crippen molar-refractivity contribution in [2.24, 2.45) is 0 Å². The first-order chi connectivity index (χ1) is 6.66. The SMILES string of the molecule is COCCNC(=O)CCCCC(=O)O. The van der Waals surface area contributed by atoms with Crippen LogP contribution in [0.25, 0.3) is 0 Å². The molecule has 82 valence electrons. The van der Waals surface area contributed by atoms with E-state index in [-0.39, 0.29) is 12.3 Å². The average molecular weight is 203 g/mol. The quantitative estimate of drug-likeness (QED) is 0.560. The molecule has 0 unspecified atom stereocenters. The Labute approximate surface area is 83.4 Å². The molecular formula is C9H17NO4. The molecule has 5 heteroatoms. The van der Waals surface area contributed by atoms with E-state index in [4.69, 9.17) is 9.84 Å². The molecular weight excluding hydrogens is 186 g/mol. The van der Waals surface area contributed by atoms with Crippen LogP contribution in [0.2, 0.25) is 0 Å². The van der Waals surface area contributed by atoms with E-state index in [1.165, 1.54) is 0 Å². The lowest BCUT2D eigenvalue weighted by atomic mass is 10.2. The maximum atomic E-state index is 11.0. The molecule has 0 aliphatic heterocycles. The molecule has 0 aliphatic carbocycles. The van der Waals surface area contributed by atoms with Crippen LogP contribution in [0.3, 0.4) is 0 Å². The van der Waals surface area contributed by atoms with E-state index in [1.54, 1.807) is 7.11 Å². The van der Waals surface area contributed by atoms with E-state index in [1.807, 2.05) is 0 Å². The topological polar surface area (TPSA) is 75.6 Å². The van der Waals surface area contributed by atoms with Gasteiger partial charge in [0.2, 0.25) is 5.91 Å². The summed E-state index contributed by atoms with van der Waals surface area (Å²) in [6.45, 7) is 1.01. The first-order valence-electron chi connectivity index (χ1n) is 4.64. The first kappa shape index (κ1) is 12.9. The lowest BCUT2D eigenvalue weighted by Gasteiger charge is -2.03. The highest BCUT2D eigenvalue weighted by Crippen LogP contribution is 1.99. The second kappa shape index (κ2) is 8.50. The van der Waals surface area contributed by atoms with Crippen molar-refractivity contribution in [1.29, 1.82) is 0 Å². The molecule has 5 nitrogen and oxygen atoms in total. The van der Waals surface area contributed by atoms with Gasteiger partial charge in [-0.05, 0) is 12.8 Å². The van der Waals surface area contributed by atoms with Gasteiger partial charge in [0.25, 0.3) is 0 Å². The van der Waals surface area contributed by atoms with Gasteiger partial charge in [-0.25, -0.2) is 0 Å². The van der Waals surface area contributed by atoms with Crippen molar-refractivity contribution in [1.82, 2.24) is 5.32 Å². The third kappa shape index (κ3) is 8.99. The number of methoxy groups -OCH3 is 1. The Bertz CT molecular complexity index is 182. The highest BCUT2D eigenvalue weighted by molar-refractivity contribution is 5.75. The highest BCUT2D eigenvalue weighted by Gasteiger charge is 2.01. The number of nitrogens with one attached hydrogen (secondary N) is 1. The van der Waals surface area contributed by atoms with Gasteiger partial charge in [-0.1, -0.05) is 0 Å². The summed E-state index contributed by atoms with van der Waals surface area (Å²) in [4.78, 5) is 21.2. The van der Waals surface area contributed by atoms with Crippen molar-refractivity contribution in [3.8, 4) is 0 Å². The molecule has 2 N–H and O–H groups in total. The second-order valence-corrected chi connectivity index (χ2v) is 2.94. The van der Waals surface area contributed by atoms with Crippen LogP contribution in [0.5, 0.6) is 0 Å². The Balaban J connectivity index is 3.22. The maximum absolute atomic E-state index is 11.0. The number of aliphatic carboxylic acids is 1. The predicted octanol–water partition coefficient (Wildman–Crippen LogP) is 0.394. The number of amides is 1. The van der Waals surface area contributed by atoms with Crippen LogP contribution >= 0.6 is 0 Å². The Morgan fingerprint density at radius 2 is 1.93 bits per heavy atom. The highest BCUT2D eigenvalue weighted by atomic mass is 16.5. The minimum atomic E-state index is -0.815. The van der Waals surface area contributed by atoms with E-state index in [0.717, 1.165) is 0 Å². The van der Waals surface area contributed by atoms with Crippen molar-refractivity contribution in [3.63, 3.8) is 0 Å². The third-order valence-corrected chi connectivity index (χ3v) is 1.67. The Kier molecular flexibility index (Phi) is 7.83. The average Bonchev–Trinajstić information content (AvgIpc) is 2.13. The molecule has 0 aromatic rings. The van der Waals surface area contributed by atoms with Gasteiger partial charge < -0.3 is 15.2 Å². The van der Waals surface area contributed by atoms with Crippen LogP contribution in [0.15, 0.2) is 0 Å². The summed E-state index contributed by atoms with van der Waals surface area (Å²) >= 11 is 0. The first-order valence-corrected chi connectivity index (χ1v) is 4.64. The molecule has 0 fully saturated rings. The van der Waals surface area contributed by atoms with Crippen LogP contribution in [0.1, 0.15) is 25.7 Å². The van der Waals surface area contributed by atoms with Gasteiger partial charge in [-0.3, -0.25) is 9.59 Å². The van der Waals surface area contributed by atoms with Crippen molar-refractivity contribution in [2.45, 2.75) is 25.7 Å². The van der Waals surface area contributed by atoms with E-state index in [2.05, 4.69) is 5.32 Å². The lowest BCUT2D eigenvalue weighted by Crippen LogP contribution is -2.26. The van der Waals surface area contributed by atoms with Crippen LogP contribution in [-0.2, 0) is 14.3 Å². The largest absolute Gasteiger partial charge is 0.481 e. The molecule has 0 atom stereocenters. The molecule has 0 saturated heterocycles. The smallest absolute Gasteiger partial charge is 0.303 e. The number of ether oxygens (including phenoxy) is 1. The molecule has 0 rings (SSSR count). The van der Waals surface area contributed by atoms with Gasteiger partial charge in [0.05, 0.1) is 6.61 Å². The number of carboxylic acid groups (broad SMARTS) is 1. The number of rotatable bonds is 8. The molecule has 0 spiro atoms. The number of hydrogen-bond donors (Lipinski definition) is 2. The molecule has 0 aromatic carbocycles. The zero-order chi connectivity index (χ0) is 10.8. The monoisotopic (exact) mass is 203 g/mol. The maximum Gasteiger partial charge on any atom is 0.303 e. The predicted molar refractivity (Wildman–Crippen MR) is 51.0 cm³/mol. The Morgan fingerprint density at radius 1 is 1.29 bits per heavy atom. The lowest BCUT2D eigenvalue weighted by molar-refractivity contribution is -0.137. The number of carboxylic acids is 1. The zero-order valence-corrected chi connectivity index (χ0v) is 8.41. The van der Waals surface area contributed by atoms with Crippen molar-refractivity contribution in [3.05, 3.63) is 0 Å². The van der Waals surface area contributed by atoms with Crippen molar-refractivity contribution < 1.29 is 19.4 Å². The van der Waals surface area contributed by atoms with E-state index < -0.39 is 5.97 Å². The summed E-state index contributed by atoms with van der Waals surface area (Å²) in [7, 11) is 1.57. The van der Waals surface area contributed by atoms with Gasteiger partial charge in [-0.2, -0.15) is 0 Å².